The molecule has 6 rings (SSSR count). The summed E-state index contributed by atoms with van der Waals surface area (Å²) in [5.41, 5.74) is 3.00. The summed E-state index contributed by atoms with van der Waals surface area (Å²) in [4.78, 5) is 14.3. The quantitative estimate of drug-likeness (QED) is 0.429. The molecule has 2 saturated carbocycles. The van der Waals surface area contributed by atoms with Gasteiger partial charge in [0.05, 0.1) is 18.3 Å². The molecule has 7 heteroatoms. The van der Waals surface area contributed by atoms with Crippen LogP contribution in [0.1, 0.15) is 61.6 Å². The van der Waals surface area contributed by atoms with E-state index in [1.165, 1.54) is 17.2 Å². The number of alkyl halides is 3. The molecule has 2 aromatic carbocycles. The Morgan fingerprint density at radius 2 is 1.85 bits per heavy atom. The van der Waals surface area contributed by atoms with Crippen LogP contribution < -0.4 is 4.90 Å². The molecule has 2 aromatic rings. The number of hydrogen-bond acceptors (Lipinski definition) is 4. The van der Waals surface area contributed by atoms with E-state index in [9.17, 15) is 23.1 Å². The van der Waals surface area contributed by atoms with Crippen molar-refractivity contribution in [2.75, 3.05) is 25.6 Å². The van der Waals surface area contributed by atoms with Gasteiger partial charge < -0.3 is 14.7 Å². The SMILES string of the molecule is CN(C)c1ccc([C@H]2C[C@@]3(C)[C@@H](CC[C@@]3(O)C#Cc3cccc(C(F)(F)F)c3)[C@@H]3OCC4=CC(=O)CCC4=C32)cc1. The Bertz CT molecular complexity index is 1510. The van der Waals surface area contributed by atoms with E-state index in [0.29, 0.717) is 38.7 Å². The Labute approximate surface area is 238 Å². The number of halogens is 3. The van der Waals surface area contributed by atoms with Crippen LogP contribution in [0.5, 0.6) is 0 Å². The fraction of sp³-hybridized carbons (Fsp3) is 0.441. The number of allylic oxidation sites excluding steroid dienone is 1. The molecular formula is C34H34F3NO3. The number of carbonyl (C=O) groups excluding carboxylic acids is 1. The molecule has 0 radical (unpaired) electrons. The molecule has 1 heterocycles. The molecule has 41 heavy (non-hydrogen) atoms. The maximum atomic E-state index is 13.3. The van der Waals surface area contributed by atoms with Gasteiger partial charge in [0.2, 0.25) is 0 Å². The van der Waals surface area contributed by atoms with Crippen LogP contribution in [0.15, 0.2) is 71.3 Å². The summed E-state index contributed by atoms with van der Waals surface area (Å²) in [6, 6.07) is 13.4. The third-order valence-corrected chi connectivity index (χ3v) is 9.78. The van der Waals surface area contributed by atoms with E-state index < -0.39 is 22.8 Å². The van der Waals surface area contributed by atoms with Gasteiger partial charge in [0, 0.05) is 43.1 Å². The number of ketones is 1. The Morgan fingerprint density at radius 3 is 2.56 bits per heavy atom. The zero-order valence-corrected chi connectivity index (χ0v) is 23.5. The van der Waals surface area contributed by atoms with Crippen molar-refractivity contribution in [1.82, 2.24) is 0 Å². The minimum Gasteiger partial charge on any atom is -0.378 e. The van der Waals surface area contributed by atoms with Crippen LogP contribution in [0.3, 0.4) is 0 Å². The van der Waals surface area contributed by atoms with Gasteiger partial charge in [-0.2, -0.15) is 13.2 Å². The molecule has 2 fully saturated rings. The van der Waals surface area contributed by atoms with Gasteiger partial charge in [0.25, 0.3) is 0 Å². The van der Waals surface area contributed by atoms with Crippen molar-refractivity contribution >= 4 is 11.5 Å². The van der Waals surface area contributed by atoms with E-state index in [0.717, 1.165) is 29.0 Å². The van der Waals surface area contributed by atoms with Gasteiger partial charge >= 0.3 is 6.18 Å². The molecule has 1 aliphatic heterocycles. The topological polar surface area (TPSA) is 49.8 Å². The fourth-order valence-corrected chi connectivity index (χ4v) is 7.47. The summed E-state index contributed by atoms with van der Waals surface area (Å²) in [5, 5.41) is 12.1. The van der Waals surface area contributed by atoms with Gasteiger partial charge in [0.1, 0.15) is 5.60 Å². The van der Waals surface area contributed by atoms with Crippen LogP contribution in [0.2, 0.25) is 0 Å². The third-order valence-electron chi connectivity index (χ3n) is 9.78. The largest absolute Gasteiger partial charge is 0.416 e. The van der Waals surface area contributed by atoms with Crippen LogP contribution in [0.25, 0.3) is 0 Å². The summed E-state index contributed by atoms with van der Waals surface area (Å²) in [6.07, 6.45) is -0.0641. The average Bonchev–Trinajstić information content (AvgIpc) is 3.21. The Hall–Kier alpha value is -3.34. The number of nitrogens with zero attached hydrogens (tertiary/aromatic N) is 1. The second kappa shape index (κ2) is 9.89. The Kier molecular flexibility index (Phi) is 6.71. The molecule has 4 nitrogen and oxygen atoms in total. The molecular weight excluding hydrogens is 527 g/mol. The molecule has 0 bridgehead atoms. The zero-order chi connectivity index (χ0) is 29.2. The first-order chi connectivity index (χ1) is 19.4. The van der Waals surface area contributed by atoms with Gasteiger partial charge in [0.15, 0.2) is 5.78 Å². The lowest BCUT2D eigenvalue weighted by molar-refractivity contribution is -0.137. The monoisotopic (exact) mass is 561 g/mol. The maximum Gasteiger partial charge on any atom is 0.416 e. The van der Waals surface area contributed by atoms with Crippen LogP contribution in [-0.4, -0.2) is 43.3 Å². The maximum absolute atomic E-state index is 13.3. The second-order valence-electron chi connectivity index (χ2n) is 12.3. The molecule has 214 valence electrons. The number of anilines is 1. The lowest BCUT2D eigenvalue weighted by Gasteiger charge is -2.53. The minimum atomic E-state index is -4.46. The first-order valence-electron chi connectivity index (χ1n) is 14.2. The second-order valence-corrected chi connectivity index (χ2v) is 12.3. The molecule has 0 saturated heterocycles. The zero-order valence-electron chi connectivity index (χ0n) is 23.5. The molecule has 4 aliphatic rings. The first-order valence-corrected chi connectivity index (χ1v) is 14.2. The molecule has 1 N–H and O–H groups in total. The highest BCUT2D eigenvalue weighted by Crippen LogP contribution is 2.64. The molecule has 0 spiro atoms. The molecule has 3 aliphatic carbocycles. The van der Waals surface area contributed by atoms with E-state index >= 15 is 0 Å². The fourth-order valence-electron chi connectivity index (χ4n) is 7.47. The van der Waals surface area contributed by atoms with Gasteiger partial charge in [-0.05, 0) is 90.3 Å². The standard InChI is InChI=1S/C34H34F3NO3/c1-32-19-28(22-7-9-25(10-8-22)38(2)3)30-27-12-11-26(39)18-23(27)20-41-31(30)29(32)14-16-33(32,40)15-13-21-5-4-6-24(17-21)34(35,36)37/h4-10,17-18,28-29,31,40H,11-12,14,16,19-20H2,1-3H3/t28-,29+,31+,32+,33+/m1/s1. The number of aliphatic hydroxyl groups is 1. The molecule has 0 unspecified atom stereocenters. The number of carbonyl (C=O) groups is 1. The van der Waals surface area contributed by atoms with Crippen molar-refractivity contribution in [3.63, 3.8) is 0 Å². The van der Waals surface area contributed by atoms with E-state index in [-0.39, 0.29) is 29.3 Å². The van der Waals surface area contributed by atoms with Crippen molar-refractivity contribution in [3.05, 3.63) is 88.0 Å². The normalized spacial score (nSPS) is 31.0. The summed E-state index contributed by atoms with van der Waals surface area (Å²) < 4.78 is 46.4. The van der Waals surface area contributed by atoms with Gasteiger partial charge in [-0.3, -0.25) is 4.79 Å². The highest BCUT2D eigenvalue weighted by molar-refractivity contribution is 5.93. The van der Waals surface area contributed by atoms with Crippen molar-refractivity contribution in [2.24, 2.45) is 11.3 Å². The van der Waals surface area contributed by atoms with Crippen molar-refractivity contribution in [2.45, 2.75) is 62.8 Å². The Morgan fingerprint density at radius 1 is 1.10 bits per heavy atom. The highest BCUT2D eigenvalue weighted by atomic mass is 19.4. The minimum absolute atomic E-state index is 0.0118. The predicted octanol–water partition coefficient (Wildman–Crippen LogP) is 6.44. The van der Waals surface area contributed by atoms with Crippen molar-refractivity contribution in [3.8, 4) is 11.8 Å². The van der Waals surface area contributed by atoms with E-state index in [1.54, 1.807) is 12.1 Å². The Balaban J connectivity index is 1.43. The van der Waals surface area contributed by atoms with E-state index in [2.05, 4.69) is 43.0 Å². The number of hydrogen-bond donors (Lipinski definition) is 1. The van der Waals surface area contributed by atoms with Crippen LogP contribution in [0, 0.1) is 23.2 Å². The number of benzene rings is 2. The van der Waals surface area contributed by atoms with Crippen LogP contribution in [-0.2, 0) is 15.7 Å². The first kappa shape index (κ1) is 27.8. The summed E-state index contributed by atoms with van der Waals surface area (Å²) in [6.45, 7) is 2.43. The third kappa shape index (κ3) is 4.71. The predicted molar refractivity (Wildman–Crippen MR) is 151 cm³/mol. The van der Waals surface area contributed by atoms with Gasteiger partial charge in [-0.1, -0.05) is 37.0 Å². The molecule has 5 atom stereocenters. The summed E-state index contributed by atoms with van der Waals surface area (Å²) >= 11 is 0. The van der Waals surface area contributed by atoms with Crippen LogP contribution in [0.4, 0.5) is 18.9 Å². The average molecular weight is 562 g/mol. The molecule has 0 amide bonds. The van der Waals surface area contributed by atoms with Gasteiger partial charge in [-0.25, -0.2) is 0 Å². The highest BCUT2D eigenvalue weighted by Gasteiger charge is 2.63. The smallest absolute Gasteiger partial charge is 0.378 e. The molecule has 0 aromatic heterocycles. The number of ether oxygens (including phenoxy) is 1. The summed E-state index contributed by atoms with van der Waals surface area (Å²) in [7, 11) is 3.99. The van der Waals surface area contributed by atoms with E-state index in [4.69, 9.17) is 4.74 Å². The lowest BCUT2D eigenvalue weighted by Crippen LogP contribution is -2.53. The van der Waals surface area contributed by atoms with Gasteiger partial charge in [-0.15, -0.1) is 0 Å². The van der Waals surface area contributed by atoms with Crippen molar-refractivity contribution in [1.29, 1.82) is 0 Å². The van der Waals surface area contributed by atoms with E-state index in [1.807, 2.05) is 19.0 Å². The number of fused-ring (bicyclic) bond motifs is 4. The lowest BCUT2D eigenvalue weighted by atomic mass is 9.55. The number of rotatable bonds is 2. The van der Waals surface area contributed by atoms with Crippen molar-refractivity contribution < 1.29 is 27.8 Å². The van der Waals surface area contributed by atoms with Crippen LogP contribution >= 0.6 is 0 Å². The summed E-state index contributed by atoms with van der Waals surface area (Å²) in [5.74, 6) is 6.00.